The van der Waals surface area contributed by atoms with Gasteiger partial charge in [-0.1, -0.05) is 48.9 Å². The molecule has 0 spiro atoms. The average Bonchev–Trinajstić information content (AvgIpc) is 2.37. The fraction of sp³-hybridized carbons (Fsp3) is 0.231. The van der Waals surface area contributed by atoms with Crippen LogP contribution in [0.5, 0.6) is 0 Å². The molecule has 0 saturated heterocycles. The molecule has 0 bridgehead atoms. The van der Waals surface area contributed by atoms with Gasteiger partial charge >= 0.3 is 0 Å². The highest BCUT2D eigenvalue weighted by atomic mass is 35.5. The average molecular weight is 248 g/mol. The molecule has 3 nitrogen and oxygen atoms in total. The maximum absolute atomic E-state index is 5.79. The van der Waals surface area contributed by atoms with E-state index in [9.17, 15) is 0 Å². The van der Waals surface area contributed by atoms with Crippen LogP contribution < -0.4 is 5.32 Å². The molecule has 1 atom stereocenters. The number of hydrogen-bond donors (Lipinski definition) is 1. The minimum atomic E-state index is 0.421. The van der Waals surface area contributed by atoms with Gasteiger partial charge in [0.15, 0.2) is 0 Å². The van der Waals surface area contributed by atoms with Crippen LogP contribution in [0.25, 0.3) is 0 Å². The van der Waals surface area contributed by atoms with Crippen molar-refractivity contribution in [2.24, 2.45) is 0 Å². The van der Waals surface area contributed by atoms with Gasteiger partial charge in [0, 0.05) is 12.6 Å². The molecule has 2 aromatic rings. The summed E-state index contributed by atoms with van der Waals surface area (Å²) in [6, 6.07) is 12.1. The van der Waals surface area contributed by atoms with Crippen LogP contribution in [0.1, 0.15) is 18.4 Å². The van der Waals surface area contributed by atoms with Crippen LogP contribution in [0.4, 0.5) is 5.82 Å². The predicted octanol–water partition coefficient (Wildman–Crippen LogP) is 3.35. The monoisotopic (exact) mass is 247 g/mol. The third-order valence-corrected chi connectivity index (χ3v) is 2.80. The molecule has 0 amide bonds. The number of benzene rings is 1. The summed E-state index contributed by atoms with van der Waals surface area (Å²) in [6.07, 6.45) is 1.46. The van der Waals surface area contributed by atoms with Gasteiger partial charge < -0.3 is 5.32 Å². The third-order valence-electron chi connectivity index (χ3n) is 2.59. The topological polar surface area (TPSA) is 37.8 Å². The highest BCUT2D eigenvalue weighted by Crippen LogP contribution is 2.16. The summed E-state index contributed by atoms with van der Waals surface area (Å²) in [5.41, 5.74) is 1.31. The molecule has 0 radical (unpaired) electrons. The van der Waals surface area contributed by atoms with E-state index in [-0.39, 0.29) is 0 Å². The van der Waals surface area contributed by atoms with E-state index in [0.29, 0.717) is 11.1 Å². The smallest absolute Gasteiger partial charge is 0.134 e. The molecule has 4 heteroatoms. The normalized spacial score (nSPS) is 12.1. The first-order valence-electron chi connectivity index (χ1n) is 5.52. The molecule has 2 rings (SSSR count). The van der Waals surface area contributed by atoms with E-state index in [1.54, 1.807) is 6.07 Å². The Morgan fingerprint density at radius 2 is 2.00 bits per heavy atom. The molecule has 0 aliphatic heterocycles. The number of nitrogens with zero attached hydrogens (tertiary/aromatic N) is 2. The fourth-order valence-corrected chi connectivity index (χ4v) is 1.73. The first-order valence-corrected chi connectivity index (χ1v) is 5.90. The van der Waals surface area contributed by atoms with E-state index in [1.165, 1.54) is 11.9 Å². The van der Waals surface area contributed by atoms with Crippen molar-refractivity contribution < 1.29 is 0 Å². The van der Waals surface area contributed by atoms with Crippen molar-refractivity contribution in [3.05, 3.63) is 53.4 Å². The van der Waals surface area contributed by atoms with Crippen molar-refractivity contribution in [2.45, 2.75) is 12.8 Å². The summed E-state index contributed by atoms with van der Waals surface area (Å²) in [5, 5.41) is 3.70. The van der Waals surface area contributed by atoms with E-state index in [2.05, 4.69) is 34.3 Å². The molecular formula is C13H14ClN3. The van der Waals surface area contributed by atoms with Crippen molar-refractivity contribution in [1.29, 1.82) is 0 Å². The van der Waals surface area contributed by atoms with Crippen molar-refractivity contribution >= 4 is 17.4 Å². The van der Waals surface area contributed by atoms with Crippen molar-refractivity contribution in [2.75, 3.05) is 11.9 Å². The third kappa shape index (κ3) is 3.43. The molecule has 0 aliphatic rings. The van der Waals surface area contributed by atoms with Gasteiger partial charge in [-0.25, -0.2) is 9.97 Å². The Morgan fingerprint density at radius 3 is 2.71 bits per heavy atom. The molecular weight excluding hydrogens is 234 g/mol. The summed E-state index contributed by atoms with van der Waals surface area (Å²) < 4.78 is 0. The van der Waals surface area contributed by atoms with E-state index >= 15 is 0 Å². The number of halogens is 1. The standard InChI is InChI=1S/C13H14ClN3/c1-10(11-5-3-2-4-6-11)8-15-13-7-12(14)16-9-17-13/h2-7,9-10H,8H2,1H3,(H,15,16,17)/t10-/m1/s1. The van der Waals surface area contributed by atoms with Gasteiger partial charge in [-0.15, -0.1) is 0 Å². The van der Waals surface area contributed by atoms with Gasteiger partial charge in [0.25, 0.3) is 0 Å². The van der Waals surface area contributed by atoms with E-state index in [4.69, 9.17) is 11.6 Å². The molecule has 1 N–H and O–H groups in total. The van der Waals surface area contributed by atoms with E-state index in [0.717, 1.165) is 12.4 Å². The SMILES string of the molecule is C[C@H](CNc1cc(Cl)ncn1)c1ccccc1. The number of anilines is 1. The van der Waals surface area contributed by atoms with Crippen LogP contribution in [-0.4, -0.2) is 16.5 Å². The van der Waals surface area contributed by atoms with Crippen LogP contribution in [0.2, 0.25) is 5.15 Å². The Bertz CT molecular complexity index is 473. The maximum Gasteiger partial charge on any atom is 0.134 e. The highest BCUT2D eigenvalue weighted by Gasteiger charge is 2.05. The van der Waals surface area contributed by atoms with Crippen molar-refractivity contribution in [3.63, 3.8) is 0 Å². The summed E-state index contributed by atoms with van der Waals surface area (Å²) in [5.74, 6) is 1.18. The summed E-state index contributed by atoms with van der Waals surface area (Å²) in [6.45, 7) is 2.99. The predicted molar refractivity (Wildman–Crippen MR) is 70.4 cm³/mol. The molecule has 1 aromatic carbocycles. The Balaban J connectivity index is 1.95. The quantitative estimate of drug-likeness (QED) is 0.842. The van der Waals surface area contributed by atoms with Crippen LogP contribution in [0, 0.1) is 0 Å². The highest BCUT2D eigenvalue weighted by molar-refractivity contribution is 6.29. The maximum atomic E-state index is 5.79. The van der Waals surface area contributed by atoms with Gasteiger partial charge in [0.05, 0.1) is 0 Å². The first kappa shape index (κ1) is 11.9. The zero-order valence-corrected chi connectivity index (χ0v) is 10.4. The van der Waals surface area contributed by atoms with E-state index in [1.807, 2.05) is 18.2 Å². The van der Waals surface area contributed by atoms with Gasteiger partial charge in [-0.2, -0.15) is 0 Å². The molecule has 1 heterocycles. The lowest BCUT2D eigenvalue weighted by molar-refractivity contribution is 0.801. The van der Waals surface area contributed by atoms with E-state index < -0.39 is 0 Å². The molecule has 0 unspecified atom stereocenters. The Morgan fingerprint density at radius 1 is 1.24 bits per heavy atom. The second kappa shape index (κ2) is 5.64. The first-order chi connectivity index (χ1) is 8.25. The molecule has 0 aliphatic carbocycles. The zero-order chi connectivity index (χ0) is 12.1. The Labute approximate surface area is 106 Å². The lowest BCUT2D eigenvalue weighted by Gasteiger charge is -2.13. The minimum absolute atomic E-state index is 0.421. The Kier molecular flexibility index (Phi) is 3.94. The van der Waals surface area contributed by atoms with Crippen LogP contribution in [0.3, 0.4) is 0 Å². The number of hydrogen-bond acceptors (Lipinski definition) is 3. The molecule has 0 saturated carbocycles. The molecule has 17 heavy (non-hydrogen) atoms. The van der Waals surface area contributed by atoms with Crippen molar-refractivity contribution in [3.8, 4) is 0 Å². The second-order valence-electron chi connectivity index (χ2n) is 3.92. The zero-order valence-electron chi connectivity index (χ0n) is 9.60. The Hall–Kier alpha value is -1.61. The van der Waals surface area contributed by atoms with Gasteiger partial charge in [-0.05, 0) is 11.5 Å². The lowest BCUT2D eigenvalue weighted by Crippen LogP contribution is -2.10. The van der Waals surface area contributed by atoms with Gasteiger partial charge in [0.2, 0.25) is 0 Å². The fourth-order valence-electron chi connectivity index (χ4n) is 1.59. The van der Waals surface area contributed by atoms with Crippen LogP contribution in [0.15, 0.2) is 42.7 Å². The molecule has 88 valence electrons. The van der Waals surface area contributed by atoms with Gasteiger partial charge in [0.1, 0.15) is 17.3 Å². The largest absolute Gasteiger partial charge is 0.369 e. The molecule has 1 aromatic heterocycles. The lowest BCUT2D eigenvalue weighted by atomic mass is 10.0. The summed E-state index contributed by atoms with van der Waals surface area (Å²) >= 11 is 5.79. The number of aromatic nitrogens is 2. The number of nitrogens with one attached hydrogen (secondary N) is 1. The van der Waals surface area contributed by atoms with Crippen LogP contribution in [-0.2, 0) is 0 Å². The number of rotatable bonds is 4. The summed E-state index contributed by atoms with van der Waals surface area (Å²) in [7, 11) is 0. The van der Waals surface area contributed by atoms with Gasteiger partial charge in [-0.3, -0.25) is 0 Å². The molecule has 0 fully saturated rings. The second-order valence-corrected chi connectivity index (χ2v) is 4.31. The van der Waals surface area contributed by atoms with Crippen molar-refractivity contribution in [1.82, 2.24) is 9.97 Å². The minimum Gasteiger partial charge on any atom is -0.369 e. The summed E-state index contributed by atoms with van der Waals surface area (Å²) in [4.78, 5) is 7.94. The van der Waals surface area contributed by atoms with Crippen LogP contribution >= 0.6 is 11.6 Å².